The van der Waals surface area contributed by atoms with Gasteiger partial charge in [-0.05, 0) is 30.0 Å². The lowest BCUT2D eigenvalue weighted by molar-refractivity contribution is -0.119. The molecule has 2 atom stereocenters. The van der Waals surface area contributed by atoms with Gasteiger partial charge in [-0.15, -0.1) is 0 Å². The molecule has 1 unspecified atom stereocenters. The summed E-state index contributed by atoms with van der Waals surface area (Å²) in [7, 11) is -3.16. The van der Waals surface area contributed by atoms with Crippen LogP contribution in [0.1, 0.15) is 24.8 Å². The number of amides is 2. The minimum absolute atomic E-state index is 0.163. The van der Waals surface area contributed by atoms with Crippen molar-refractivity contribution in [3.05, 3.63) is 29.8 Å². The Labute approximate surface area is 153 Å². The van der Waals surface area contributed by atoms with Crippen LogP contribution < -0.4 is 10.2 Å². The maximum absolute atomic E-state index is 12.0. The molecule has 1 N–H and O–H groups in total. The fourth-order valence-corrected chi connectivity index (χ4v) is 4.21. The topological polar surface area (TPSA) is 96.0 Å². The number of nitrogens with one attached hydrogen (secondary N) is 1. The van der Waals surface area contributed by atoms with E-state index in [1.54, 1.807) is 0 Å². The van der Waals surface area contributed by atoms with E-state index in [9.17, 15) is 18.0 Å². The predicted octanol–water partition coefficient (Wildman–Crippen LogP) is 0.897. The highest BCUT2D eigenvalue weighted by Gasteiger charge is 2.33. The lowest BCUT2D eigenvalue weighted by atomic mass is 9.98. The highest BCUT2D eigenvalue weighted by Crippen LogP contribution is 2.30. The second-order valence-electron chi connectivity index (χ2n) is 6.75. The smallest absolute Gasteiger partial charge is 0.414 e. The molecule has 2 aliphatic rings. The number of carbonyl (C=O) groups excluding carboxylic acids is 2. The van der Waals surface area contributed by atoms with Crippen molar-refractivity contribution in [2.24, 2.45) is 0 Å². The van der Waals surface area contributed by atoms with Crippen LogP contribution in [-0.4, -0.2) is 63.3 Å². The largest absolute Gasteiger partial charge is 0.442 e. The molecule has 2 aliphatic heterocycles. The fraction of sp³-hybridized carbons (Fsp3) is 0.529. The molecule has 3 rings (SSSR count). The van der Waals surface area contributed by atoms with Gasteiger partial charge >= 0.3 is 6.09 Å². The first-order chi connectivity index (χ1) is 12.2. The first kappa shape index (κ1) is 18.7. The van der Waals surface area contributed by atoms with Gasteiger partial charge in [0.25, 0.3) is 0 Å². The van der Waals surface area contributed by atoms with E-state index in [4.69, 9.17) is 4.74 Å². The van der Waals surface area contributed by atoms with Crippen molar-refractivity contribution < 1.29 is 22.7 Å². The standard InChI is InChI=1S/C17H23N3O5S/c1-12(21)18-9-16-11-20(17(22)25-16)15-5-3-13(4-6-15)14-7-8-19(10-14)26(2,23)24/h3-6,14,16H,7-11H2,1-2H3,(H,18,21)/t14?,16-/m0/s1. The molecule has 2 fully saturated rings. The summed E-state index contributed by atoms with van der Waals surface area (Å²) in [5.41, 5.74) is 1.78. The number of cyclic esters (lactones) is 1. The molecule has 9 heteroatoms. The number of carbonyl (C=O) groups is 2. The van der Waals surface area contributed by atoms with Crippen LogP contribution in [0.2, 0.25) is 0 Å². The molecule has 0 spiro atoms. The number of rotatable bonds is 5. The van der Waals surface area contributed by atoms with E-state index < -0.39 is 16.1 Å². The van der Waals surface area contributed by atoms with Gasteiger partial charge in [0.2, 0.25) is 15.9 Å². The fourth-order valence-electron chi connectivity index (χ4n) is 3.32. The molecular formula is C17H23N3O5S. The molecule has 26 heavy (non-hydrogen) atoms. The highest BCUT2D eigenvalue weighted by molar-refractivity contribution is 7.88. The Hall–Kier alpha value is -2.13. The first-order valence-corrected chi connectivity index (χ1v) is 10.4. The van der Waals surface area contributed by atoms with Crippen LogP contribution in [0.4, 0.5) is 10.5 Å². The monoisotopic (exact) mass is 381 g/mol. The van der Waals surface area contributed by atoms with Crippen molar-refractivity contribution in [2.45, 2.75) is 25.4 Å². The quantitative estimate of drug-likeness (QED) is 0.817. The molecular weight excluding hydrogens is 358 g/mol. The summed E-state index contributed by atoms with van der Waals surface area (Å²) >= 11 is 0. The second-order valence-corrected chi connectivity index (χ2v) is 8.73. The van der Waals surface area contributed by atoms with Gasteiger partial charge in [0.1, 0.15) is 6.10 Å². The zero-order valence-electron chi connectivity index (χ0n) is 14.8. The highest BCUT2D eigenvalue weighted by atomic mass is 32.2. The van der Waals surface area contributed by atoms with Gasteiger partial charge in [-0.1, -0.05) is 12.1 Å². The molecule has 2 heterocycles. The van der Waals surface area contributed by atoms with Crippen LogP contribution >= 0.6 is 0 Å². The van der Waals surface area contributed by atoms with Gasteiger partial charge in [0.05, 0.1) is 19.3 Å². The van der Waals surface area contributed by atoms with Crippen LogP contribution in [0.25, 0.3) is 0 Å². The molecule has 0 aromatic heterocycles. The number of hydrogen-bond acceptors (Lipinski definition) is 5. The minimum Gasteiger partial charge on any atom is -0.442 e. The summed E-state index contributed by atoms with van der Waals surface area (Å²) in [6.45, 7) is 3.11. The van der Waals surface area contributed by atoms with E-state index in [1.165, 1.54) is 22.4 Å². The summed E-state index contributed by atoms with van der Waals surface area (Å²) in [5.74, 6) is 0.000345. The summed E-state index contributed by atoms with van der Waals surface area (Å²) < 4.78 is 30.0. The Morgan fingerprint density at radius 3 is 2.54 bits per heavy atom. The molecule has 0 radical (unpaired) electrons. The van der Waals surface area contributed by atoms with Crippen molar-refractivity contribution >= 4 is 27.7 Å². The Balaban J connectivity index is 1.63. The van der Waals surface area contributed by atoms with E-state index in [2.05, 4.69) is 5.32 Å². The number of anilines is 1. The number of benzene rings is 1. The van der Waals surface area contributed by atoms with Gasteiger partial charge < -0.3 is 10.1 Å². The van der Waals surface area contributed by atoms with Crippen LogP contribution in [-0.2, 0) is 19.6 Å². The summed E-state index contributed by atoms with van der Waals surface area (Å²) in [4.78, 5) is 24.6. The van der Waals surface area contributed by atoms with E-state index in [0.717, 1.165) is 17.7 Å². The number of nitrogens with zero attached hydrogens (tertiary/aromatic N) is 2. The van der Waals surface area contributed by atoms with Crippen molar-refractivity contribution in [3.8, 4) is 0 Å². The van der Waals surface area contributed by atoms with E-state index in [1.807, 2.05) is 24.3 Å². The molecule has 1 aromatic carbocycles. The van der Waals surface area contributed by atoms with Crippen molar-refractivity contribution in [3.63, 3.8) is 0 Å². The SMILES string of the molecule is CC(=O)NC[C@H]1CN(c2ccc(C3CCN(S(C)(=O)=O)C3)cc2)C(=O)O1. The van der Waals surface area contributed by atoms with Crippen LogP contribution in [0, 0.1) is 0 Å². The zero-order chi connectivity index (χ0) is 18.9. The predicted molar refractivity (Wildman–Crippen MR) is 96.5 cm³/mol. The molecule has 2 saturated heterocycles. The Morgan fingerprint density at radius 1 is 1.27 bits per heavy atom. The summed E-state index contributed by atoms with van der Waals surface area (Å²) in [5, 5.41) is 2.65. The average Bonchev–Trinajstić information content (AvgIpc) is 3.20. The third kappa shape index (κ3) is 4.16. The average molecular weight is 381 g/mol. The van der Waals surface area contributed by atoms with Crippen LogP contribution in [0.3, 0.4) is 0 Å². The second kappa shape index (κ2) is 7.24. The molecule has 0 bridgehead atoms. The first-order valence-electron chi connectivity index (χ1n) is 8.51. The molecule has 0 aliphatic carbocycles. The molecule has 2 amide bonds. The van der Waals surface area contributed by atoms with Gasteiger partial charge in [0.15, 0.2) is 0 Å². The van der Waals surface area contributed by atoms with Gasteiger partial charge in [-0.2, -0.15) is 0 Å². The van der Waals surface area contributed by atoms with Crippen molar-refractivity contribution in [1.29, 1.82) is 0 Å². The van der Waals surface area contributed by atoms with Crippen molar-refractivity contribution in [1.82, 2.24) is 9.62 Å². The molecule has 8 nitrogen and oxygen atoms in total. The number of sulfonamides is 1. The van der Waals surface area contributed by atoms with Gasteiger partial charge in [-0.25, -0.2) is 17.5 Å². The third-order valence-electron chi connectivity index (χ3n) is 4.75. The van der Waals surface area contributed by atoms with E-state index >= 15 is 0 Å². The number of hydrogen-bond donors (Lipinski definition) is 1. The van der Waals surface area contributed by atoms with E-state index in [-0.39, 0.29) is 17.9 Å². The summed E-state index contributed by atoms with van der Waals surface area (Å²) in [6.07, 6.45) is 1.22. The maximum Gasteiger partial charge on any atom is 0.414 e. The Bertz CT molecular complexity index is 793. The van der Waals surface area contributed by atoms with Crippen molar-refractivity contribution in [2.75, 3.05) is 37.3 Å². The Kier molecular flexibility index (Phi) is 5.19. The normalized spacial score (nSPS) is 23.9. The van der Waals surface area contributed by atoms with E-state index in [0.29, 0.717) is 26.2 Å². The minimum atomic E-state index is -3.16. The molecule has 142 valence electrons. The lowest BCUT2D eigenvalue weighted by Gasteiger charge is -2.16. The molecule has 1 aromatic rings. The lowest BCUT2D eigenvalue weighted by Crippen LogP contribution is -2.33. The molecule has 0 saturated carbocycles. The number of ether oxygens (including phenoxy) is 1. The van der Waals surface area contributed by atoms with Gasteiger partial charge in [-0.3, -0.25) is 9.69 Å². The Morgan fingerprint density at radius 2 is 1.96 bits per heavy atom. The third-order valence-corrected chi connectivity index (χ3v) is 6.02. The van der Waals surface area contributed by atoms with Crippen LogP contribution in [0.5, 0.6) is 0 Å². The summed E-state index contributed by atoms with van der Waals surface area (Å²) in [6, 6.07) is 7.56. The zero-order valence-corrected chi connectivity index (χ0v) is 15.7. The van der Waals surface area contributed by atoms with Gasteiger partial charge in [0, 0.05) is 25.7 Å². The van der Waals surface area contributed by atoms with Crippen LogP contribution in [0.15, 0.2) is 24.3 Å². The maximum atomic E-state index is 12.0.